The number of hydrogen-bond donors (Lipinski definition) is 3. The van der Waals surface area contributed by atoms with Gasteiger partial charge in [-0.05, 0) is 25.0 Å². The van der Waals surface area contributed by atoms with Crippen LogP contribution < -0.4 is 10.1 Å². The van der Waals surface area contributed by atoms with Crippen LogP contribution in [0.4, 0.5) is 0 Å². The number of carbonyl (C=O) groups excluding carboxylic acids is 1. The molecule has 5 nitrogen and oxygen atoms in total. The minimum atomic E-state index is -0.913. The maximum Gasteiger partial charge on any atom is 0.258 e. The average molecular weight is 286 g/mol. The van der Waals surface area contributed by atoms with Gasteiger partial charge in [0.05, 0.1) is 23.3 Å². The van der Waals surface area contributed by atoms with Crippen molar-refractivity contribution >= 4 is 17.5 Å². The summed E-state index contributed by atoms with van der Waals surface area (Å²) in [6, 6.07) is 6.45. The highest BCUT2D eigenvalue weighted by molar-refractivity contribution is 6.32. The molecule has 3 N–H and O–H groups in total. The van der Waals surface area contributed by atoms with Gasteiger partial charge in [0.2, 0.25) is 0 Å². The Bertz CT molecular complexity index is 454. The highest BCUT2D eigenvalue weighted by Crippen LogP contribution is 2.23. The van der Waals surface area contributed by atoms with Gasteiger partial charge in [0.25, 0.3) is 5.91 Å². The normalized spacial score (nSPS) is 26.2. The Morgan fingerprint density at radius 2 is 2.11 bits per heavy atom. The molecule has 6 heteroatoms. The van der Waals surface area contributed by atoms with E-state index >= 15 is 0 Å². The van der Waals surface area contributed by atoms with Gasteiger partial charge < -0.3 is 20.3 Å². The highest BCUT2D eigenvalue weighted by Gasteiger charge is 2.34. The SMILES string of the molecule is O=C(COc1ccccc1Cl)N[C@@H]1CC[C@@H](O)[C@@H]1O. The van der Waals surface area contributed by atoms with Crippen molar-refractivity contribution in [2.24, 2.45) is 0 Å². The summed E-state index contributed by atoms with van der Waals surface area (Å²) in [6.07, 6.45) is -0.642. The van der Waals surface area contributed by atoms with Crippen molar-refractivity contribution in [1.82, 2.24) is 5.32 Å². The average Bonchev–Trinajstić information content (AvgIpc) is 2.70. The lowest BCUT2D eigenvalue weighted by Gasteiger charge is -2.18. The summed E-state index contributed by atoms with van der Waals surface area (Å²) in [5, 5.41) is 22.1. The quantitative estimate of drug-likeness (QED) is 0.762. The van der Waals surface area contributed by atoms with E-state index in [-0.39, 0.29) is 12.5 Å². The first-order valence-electron chi connectivity index (χ1n) is 6.11. The van der Waals surface area contributed by atoms with E-state index in [4.69, 9.17) is 16.3 Å². The van der Waals surface area contributed by atoms with Crippen molar-refractivity contribution in [3.05, 3.63) is 29.3 Å². The van der Waals surface area contributed by atoms with E-state index in [1.165, 1.54) is 0 Å². The highest BCUT2D eigenvalue weighted by atomic mass is 35.5. The third kappa shape index (κ3) is 3.59. The predicted octanol–water partition coefficient (Wildman–Crippen LogP) is 0.719. The standard InChI is InChI=1S/C13H16ClNO4/c14-8-3-1-2-4-11(8)19-7-12(17)15-9-5-6-10(16)13(9)18/h1-4,9-10,13,16,18H,5-7H2,(H,15,17)/t9-,10-,13-/m1/s1. The van der Waals surface area contributed by atoms with E-state index < -0.39 is 18.2 Å². The number of rotatable bonds is 4. The van der Waals surface area contributed by atoms with Crippen molar-refractivity contribution < 1.29 is 19.7 Å². The number of aliphatic hydroxyl groups is 2. The van der Waals surface area contributed by atoms with Gasteiger partial charge in [-0.15, -0.1) is 0 Å². The maximum absolute atomic E-state index is 11.7. The number of benzene rings is 1. The van der Waals surface area contributed by atoms with Crippen LogP contribution >= 0.6 is 11.6 Å². The largest absolute Gasteiger partial charge is 0.482 e. The van der Waals surface area contributed by atoms with Gasteiger partial charge in [0, 0.05) is 0 Å². The van der Waals surface area contributed by atoms with Gasteiger partial charge in [-0.1, -0.05) is 23.7 Å². The molecular weight excluding hydrogens is 270 g/mol. The van der Waals surface area contributed by atoms with Crippen molar-refractivity contribution in [1.29, 1.82) is 0 Å². The van der Waals surface area contributed by atoms with E-state index in [1.807, 2.05) is 0 Å². The van der Waals surface area contributed by atoms with Crippen LogP contribution in [0.15, 0.2) is 24.3 Å². The molecule has 1 saturated carbocycles. The van der Waals surface area contributed by atoms with Gasteiger partial charge in [-0.3, -0.25) is 4.79 Å². The molecule has 1 aromatic carbocycles. The minimum Gasteiger partial charge on any atom is -0.482 e. The molecule has 0 bridgehead atoms. The number of amides is 1. The molecule has 1 aliphatic rings. The number of ether oxygens (including phenoxy) is 1. The summed E-state index contributed by atoms with van der Waals surface area (Å²) in [6.45, 7) is -0.178. The molecule has 3 atom stereocenters. The third-order valence-electron chi connectivity index (χ3n) is 3.12. The molecular formula is C13H16ClNO4. The third-order valence-corrected chi connectivity index (χ3v) is 3.43. The van der Waals surface area contributed by atoms with Crippen molar-refractivity contribution in [3.63, 3.8) is 0 Å². The molecule has 1 aliphatic carbocycles. The van der Waals surface area contributed by atoms with E-state index in [2.05, 4.69) is 5.32 Å². The van der Waals surface area contributed by atoms with Gasteiger partial charge in [0.1, 0.15) is 5.75 Å². The van der Waals surface area contributed by atoms with Crippen LogP contribution in [0.3, 0.4) is 0 Å². The lowest BCUT2D eigenvalue weighted by atomic mass is 10.2. The summed E-state index contributed by atoms with van der Waals surface area (Å²) < 4.78 is 5.28. The molecule has 0 aliphatic heterocycles. The minimum absolute atomic E-state index is 0.178. The van der Waals surface area contributed by atoms with Crippen LogP contribution in [0, 0.1) is 0 Å². The van der Waals surface area contributed by atoms with Gasteiger partial charge >= 0.3 is 0 Å². The Morgan fingerprint density at radius 3 is 2.74 bits per heavy atom. The van der Waals surface area contributed by atoms with Crippen molar-refractivity contribution in [3.8, 4) is 5.75 Å². The number of halogens is 1. The number of carbonyl (C=O) groups is 1. The van der Waals surface area contributed by atoms with Crippen LogP contribution in [0.2, 0.25) is 5.02 Å². The molecule has 2 rings (SSSR count). The Kier molecular flexibility index (Phi) is 4.63. The molecule has 0 heterocycles. The van der Waals surface area contributed by atoms with Gasteiger partial charge in [0.15, 0.2) is 6.61 Å². The fourth-order valence-electron chi connectivity index (χ4n) is 2.07. The fraction of sp³-hybridized carbons (Fsp3) is 0.462. The van der Waals surface area contributed by atoms with E-state index in [9.17, 15) is 15.0 Å². The summed E-state index contributed by atoms with van der Waals surface area (Å²) >= 11 is 5.89. The van der Waals surface area contributed by atoms with Crippen molar-refractivity contribution in [2.75, 3.05) is 6.61 Å². The molecule has 1 aromatic rings. The zero-order valence-corrected chi connectivity index (χ0v) is 11.0. The molecule has 1 fully saturated rings. The summed E-state index contributed by atoms with van der Waals surface area (Å²) in [5.74, 6) is 0.0874. The second-order valence-corrected chi connectivity index (χ2v) is 4.94. The molecule has 0 spiro atoms. The molecule has 19 heavy (non-hydrogen) atoms. The number of hydrogen-bond acceptors (Lipinski definition) is 4. The Labute approximate surface area is 116 Å². The van der Waals surface area contributed by atoms with Crippen molar-refractivity contribution in [2.45, 2.75) is 31.1 Å². The fourth-order valence-corrected chi connectivity index (χ4v) is 2.26. The topological polar surface area (TPSA) is 78.8 Å². The Hall–Kier alpha value is -1.30. The molecule has 0 radical (unpaired) electrons. The molecule has 1 amide bonds. The van der Waals surface area contributed by atoms with Crippen LogP contribution in [-0.2, 0) is 4.79 Å². The monoisotopic (exact) mass is 285 g/mol. The zero-order valence-electron chi connectivity index (χ0n) is 10.3. The molecule has 0 saturated heterocycles. The second-order valence-electron chi connectivity index (χ2n) is 4.53. The van der Waals surface area contributed by atoms with Gasteiger partial charge in [-0.25, -0.2) is 0 Å². The van der Waals surface area contributed by atoms with Crippen LogP contribution in [-0.4, -0.2) is 41.0 Å². The molecule has 0 aromatic heterocycles. The predicted molar refractivity (Wildman–Crippen MR) is 70.1 cm³/mol. The Morgan fingerprint density at radius 1 is 1.37 bits per heavy atom. The van der Waals surface area contributed by atoms with E-state index in [0.717, 1.165) is 0 Å². The number of nitrogens with one attached hydrogen (secondary N) is 1. The maximum atomic E-state index is 11.7. The van der Waals surface area contributed by atoms with Crippen LogP contribution in [0.5, 0.6) is 5.75 Å². The van der Waals surface area contributed by atoms with Gasteiger partial charge in [-0.2, -0.15) is 0 Å². The number of aliphatic hydroxyl groups excluding tert-OH is 2. The summed E-state index contributed by atoms with van der Waals surface area (Å²) in [5.41, 5.74) is 0. The lowest BCUT2D eigenvalue weighted by Crippen LogP contribution is -2.44. The first-order chi connectivity index (χ1) is 9.08. The zero-order chi connectivity index (χ0) is 13.8. The molecule has 0 unspecified atom stereocenters. The first kappa shape index (κ1) is 14.1. The summed E-state index contributed by atoms with van der Waals surface area (Å²) in [7, 11) is 0. The smallest absolute Gasteiger partial charge is 0.258 e. The van der Waals surface area contributed by atoms with E-state index in [1.54, 1.807) is 24.3 Å². The second kappa shape index (κ2) is 6.23. The Balaban J connectivity index is 1.81. The van der Waals surface area contributed by atoms with E-state index in [0.29, 0.717) is 23.6 Å². The van der Waals surface area contributed by atoms with Crippen LogP contribution in [0.1, 0.15) is 12.8 Å². The summed E-state index contributed by atoms with van der Waals surface area (Å²) in [4.78, 5) is 11.7. The lowest BCUT2D eigenvalue weighted by molar-refractivity contribution is -0.124. The molecule has 104 valence electrons. The van der Waals surface area contributed by atoms with Crippen LogP contribution in [0.25, 0.3) is 0 Å². The number of para-hydroxylation sites is 1. The first-order valence-corrected chi connectivity index (χ1v) is 6.48.